The maximum atomic E-state index is 13.1. The zero-order valence-electron chi connectivity index (χ0n) is 12.4. The Morgan fingerprint density at radius 3 is 2.62 bits per heavy atom. The average Bonchev–Trinajstić information content (AvgIpc) is 2.75. The van der Waals surface area contributed by atoms with Gasteiger partial charge in [0.05, 0.1) is 23.3 Å². The van der Waals surface area contributed by atoms with Crippen molar-refractivity contribution in [1.82, 2.24) is 0 Å². The molecule has 1 amide bonds. The smallest absolute Gasteiger partial charge is 0.416 e. The predicted octanol–water partition coefficient (Wildman–Crippen LogP) is 3.62. The van der Waals surface area contributed by atoms with Gasteiger partial charge < -0.3 is 10.5 Å². The van der Waals surface area contributed by atoms with E-state index in [1.54, 1.807) is 24.3 Å². The number of nitrogens with two attached hydrogens (primary N) is 1. The fourth-order valence-corrected chi connectivity index (χ4v) is 3.27. The van der Waals surface area contributed by atoms with Gasteiger partial charge in [-0.15, -0.1) is 0 Å². The first-order valence-electron chi connectivity index (χ1n) is 7.43. The number of fused-ring (bicyclic) bond motifs is 5. The molecule has 0 spiro atoms. The molecule has 0 aromatic heterocycles. The van der Waals surface area contributed by atoms with Gasteiger partial charge in [-0.3, -0.25) is 9.69 Å². The summed E-state index contributed by atoms with van der Waals surface area (Å²) in [6.07, 6.45) is -4.18. The maximum absolute atomic E-state index is 13.1. The Hall–Kier alpha value is -2.54. The number of carbonyl (C=O) groups excluding carboxylic acids is 1. The largest absolute Gasteiger partial charge is 0.455 e. The third-order valence-electron chi connectivity index (χ3n) is 4.39. The van der Waals surface area contributed by atoms with Gasteiger partial charge in [0.15, 0.2) is 5.75 Å². The van der Waals surface area contributed by atoms with Crippen molar-refractivity contribution >= 4 is 11.6 Å². The highest BCUT2D eigenvalue weighted by atomic mass is 19.4. The van der Waals surface area contributed by atoms with Crippen molar-refractivity contribution in [3.8, 4) is 11.5 Å². The number of ether oxygens (including phenoxy) is 1. The van der Waals surface area contributed by atoms with E-state index in [2.05, 4.69) is 0 Å². The van der Waals surface area contributed by atoms with Gasteiger partial charge >= 0.3 is 6.18 Å². The molecule has 0 aliphatic carbocycles. The van der Waals surface area contributed by atoms with Crippen LogP contribution in [0.3, 0.4) is 0 Å². The molecule has 2 N–H and O–H groups in total. The monoisotopic (exact) mass is 334 g/mol. The molecule has 2 atom stereocenters. The number of hydrogen-bond donors (Lipinski definition) is 1. The summed E-state index contributed by atoms with van der Waals surface area (Å²) in [4.78, 5) is 13.8. The third-order valence-corrected chi connectivity index (χ3v) is 4.39. The molecule has 4 rings (SSSR count). The minimum atomic E-state index is -4.51. The molecule has 1 fully saturated rings. The number of nitrogens with zero attached hydrogens (tertiary/aromatic N) is 1. The molecule has 2 aromatic rings. The molecular formula is C17H13F3N2O2. The van der Waals surface area contributed by atoms with Crippen LogP contribution in [-0.2, 0) is 11.0 Å². The average molecular weight is 334 g/mol. The molecule has 1 saturated heterocycles. The summed E-state index contributed by atoms with van der Waals surface area (Å²) >= 11 is 0. The van der Waals surface area contributed by atoms with Gasteiger partial charge in [0.1, 0.15) is 5.75 Å². The summed E-state index contributed by atoms with van der Waals surface area (Å²) in [5, 5.41) is 0. The lowest BCUT2D eigenvalue weighted by molar-refractivity contribution is -0.137. The summed E-state index contributed by atoms with van der Waals surface area (Å²) in [5.74, 6) is 0.328. The SMILES string of the molecule is NC1CC2c3ccccc3Oc3ccc(C(F)(F)F)cc3N2C1=O. The topological polar surface area (TPSA) is 55.6 Å². The Morgan fingerprint density at radius 2 is 1.88 bits per heavy atom. The van der Waals surface area contributed by atoms with Gasteiger partial charge in [-0.05, 0) is 30.7 Å². The van der Waals surface area contributed by atoms with Crippen molar-refractivity contribution < 1.29 is 22.7 Å². The number of rotatable bonds is 0. The van der Waals surface area contributed by atoms with E-state index in [9.17, 15) is 18.0 Å². The first-order valence-corrected chi connectivity index (χ1v) is 7.43. The molecular weight excluding hydrogens is 321 g/mol. The second-order valence-corrected chi connectivity index (χ2v) is 5.89. The lowest BCUT2D eigenvalue weighted by Crippen LogP contribution is -2.34. The van der Waals surface area contributed by atoms with Crippen molar-refractivity contribution in [3.05, 3.63) is 53.6 Å². The highest BCUT2D eigenvalue weighted by molar-refractivity contribution is 6.02. The predicted molar refractivity (Wildman–Crippen MR) is 80.8 cm³/mol. The standard InChI is InChI=1S/C17H13F3N2O2/c18-17(19,20)9-5-6-15-13(7-9)22-12(8-11(21)16(22)23)10-3-1-2-4-14(10)24-15/h1-7,11-12H,8,21H2. The van der Waals surface area contributed by atoms with E-state index < -0.39 is 29.7 Å². The van der Waals surface area contributed by atoms with Crippen LogP contribution in [0.15, 0.2) is 42.5 Å². The molecule has 0 saturated carbocycles. The first kappa shape index (κ1) is 15.0. The molecule has 124 valence electrons. The molecule has 0 bridgehead atoms. The summed E-state index contributed by atoms with van der Waals surface area (Å²) in [6, 6.07) is 9.06. The number of alkyl halides is 3. The van der Waals surface area contributed by atoms with Crippen LogP contribution < -0.4 is 15.4 Å². The summed E-state index contributed by atoms with van der Waals surface area (Å²) in [5.41, 5.74) is 5.88. The molecule has 0 radical (unpaired) electrons. The number of hydrogen-bond acceptors (Lipinski definition) is 3. The fraction of sp³-hybridized carbons (Fsp3) is 0.235. The van der Waals surface area contributed by atoms with Gasteiger partial charge in [-0.2, -0.15) is 13.2 Å². The van der Waals surface area contributed by atoms with Crippen molar-refractivity contribution in [3.63, 3.8) is 0 Å². The normalized spacial score (nSPS) is 22.3. The lowest BCUT2D eigenvalue weighted by Gasteiger charge is -2.24. The maximum Gasteiger partial charge on any atom is 0.416 e. The Morgan fingerprint density at radius 1 is 1.12 bits per heavy atom. The zero-order chi connectivity index (χ0) is 17.1. The van der Waals surface area contributed by atoms with Crippen LogP contribution >= 0.6 is 0 Å². The van der Waals surface area contributed by atoms with Gasteiger partial charge in [0, 0.05) is 5.56 Å². The van der Waals surface area contributed by atoms with Crippen LogP contribution in [0.25, 0.3) is 0 Å². The lowest BCUT2D eigenvalue weighted by atomic mass is 10.0. The Balaban J connectivity index is 1.94. The van der Waals surface area contributed by atoms with E-state index in [4.69, 9.17) is 10.5 Å². The molecule has 2 aliphatic heterocycles. The molecule has 2 aliphatic rings. The highest BCUT2D eigenvalue weighted by Crippen LogP contribution is 2.49. The van der Waals surface area contributed by atoms with Crippen LogP contribution in [0.4, 0.5) is 18.9 Å². The van der Waals surface area contributed by atoms with Crippen LogP contribution in [-0.4, -0.2) is 11.9 Å². The molecule has 2 unspecified atom stereocenters. The first-order chi connectivity index (χ1) is 11.4. The quantitative estimate of drug-likeness (QED) is 0.801. The van der Waals surface area contributed by atoms with E-state index in [-0.39, 0.29) is 11.4 Å². The number of carbonyl (C=O) groups is 1. The van der Waals surface area contributed by atoms with Crippen LogP contribution in [0.2, 0.25) is 0 Å². The van der Waals surface area contributed by atoms with E-state index in [0.717, 1.165) is 17.7 Å². The van der Waals surface area contributed by atoms with E-state index >= 15 is 0 Å². The van der Waals surface area contributed by atoms with Crippen LogP contribution in [0, 0.1) is 0 Å². The second-order valence-electron chi connectivity index (χ2n) is 5.89. The molecule has 7 heteroatoms. The minimum absolute atomic E-state index is 0.101. The van der Waals surface area contributed by atoms with E-state index in [1.807, 2.05) is 0 Å². The van der Waals surface area contributed by atoms with Crippen LogP contribution in [0.5, 0.6) is 11.5 Å². The van der Waals surface area contributed by atoms with Gasteiger partial charge in [0.2, 0.25) is 5.91 Å². The number of anilines is 1. The third kappa shape index (κ3) is 2.16. The fourth-order valence-electron chi connectivity index (χ4n) is 3.27. The molecule has 2 heterocycles. The summed E-state index contributed by atoms with van der Waals surface area (Å²) < 4.78 is 45.0. The van der Waals surface area contributed by atoms with Crippen molar-refractivity contribution in [1.29, 1.82) is 0 Å². The Labute approximate surface area is 135 Å². The highest BCUT2D eigenvalue weighted by Gasteiger charge is 2.44. The summed E-state index contributed by atoms with van der Waals surface area (Å²) in [6.45, 7) is 0. The molecule has 24 heavy (non-hydrogen) atoms. The van der Waals surface area contributed by atoms with Crippen molar-refractivity contribution in [2.75, 3.05) is 4.90 Å². The minimum Gasteiger partial charge on any atom is -0.455 e. The Kier molecular flexibility index (Phi) is 3.11. The number of para-hydroxylation sites is 1. The Bertz CT molecular complexity index is 835. The summed E-state index contributed by atoms with van der Waals surface area (Å²) in [7, 11) is 0. The molecule has 2 aromatic carbocycles. The van der Waals surface area contributed by atoms with Gasteiger partial charge in [-0.25, -0.2) is 0 Å². The van der Waals surface area contributed by atoms with Crippen LogP contribution in [0.1, 0.15) is 23.6 Å². The number of amides is 1. The van der Waals surface area contributed by atoms with Gasteiger partial charge in [-0.1, -0.05) is 18.2 Å². The van der Waals surface area contributed by atoms with E-state index in [0.29, 0.717) is 12.2 Å². The number of benzene rings is 2. The van der Waals surface area contributed by atoms with Crippen molar-refractivity contribution in [2.24, 2.45) is 5.73 Å². The zero-order valence-corrected chi connectivity index (χ0v) is 12.4. The van der Waals surface area contributed by atoms with Gasteiger partial charge in [0.25, 0.3) is 0 Å². The van der Waals surface area contributed by atoms with Crippen molar-refractivity contribution in [2.45, 2.75) is 24.7 Å². The molecule has 4 nitrogen and oxygen atoms in total. The number of halogens is 3. The van der Waals surface area contributed by atoms with E-state index in [1.165, 1.54) is 11.0 Å². The second kappa shape index (κ2) is 4.98.